The van der Waals surface area contributed by atoms with E-state index in [1.54, 1.807) is 16.8 Å². The summed E-state index contributed by atoms with van der Waals surface area (Å²) in [5.41, 5.74) is 0.822. The normalized spacial score (nSPS) is 16.4. The van der Waals surface area contributed by atoms with Gasteiger partial charge in [0, 0.05) is 46.3 Å². The summed E-state index contributed by atoms with van der Waals surface area (Å²) < 4.78 is 10.5. The van der Waals surface area contributed by atoms with Crippen LogP contribution in [0.4, 0.5) is 10.5 Å². The Labute approximate surface area is 194 Å². The smallest absolute Gasteiger partial charge is 0.409 e. The van der Waals surface area contributed by atoms with Gasteiger partial charge in [0.2, 0.25) is 0 Å². The molecule has 1 aromatic carbocycles. The lowest BCUT2D eigenvalue weighted by Gasteiger charge is -2.36. The number of anilines is 1. The Hall–Kier alpha value is -2.24. The Kier molecular flexibility index (Phi) is 9.47. The van der Waals surface area contributed by atoms with Gasteiger partial charge in [0.25, 0.3) is 5.91 Å². The summed E-state index contributed by atoms with van der Waals surface area (Å²) in [5.74, 6) is 1.53. The van der Waals surface area contributed by atoms with Crippen LogP contribution in [0.25, 0.3) is 0 Å². The van der Waals surface area contributed by atoms with Crippen LogP contribution in [0.5, 0.6) is 5.75 Å². The van der Waals surface area contributed by atoms with Crippen molar-refractivity contribution in [1.82, 2.24) is 15.1 Å². The molecule has 1 saturated heterocycles. The molecular weight excluding hydrogens is 501 g/mol. The second-order valence-corrected chi connectivity index (χ2v) is 6.80. The number of ether oxygens (including phenoxy) is 2. The third-order valence-corrected chi connectivity index (χ3v) is 4.97. The van der Waals surface area contributed by atoms with Crippen molar-refractivity contribution in [3.63, 3.8) is 0 Å². The van der Waals surface area contributed by atoms with Gasteiger partial charge in [0.05, 0.1) is 12.3 Å². The molecular formula is C20H30IN5O4. The van der Waals surface area contributed by atoms with Crippen LogP contribution >= 0.6 is 24.0 Å². The maximum absolute atomic E-state index is 12.2. The van der Waals surface area contributed by atoms with Crippen LogP contribution < -0.4 is 15.0 Å². The zero-order valence-corrected chi connectivity index (χ0v) is 19.8. The largest absolute Gasteiger partial charge is 0.482 e. The van der Waals surface area contributed by atoms with Gasteiger partial charge in [-0.2, -0.15) is 0 Å². The summed E-state index contributed by atoms with van der Waals surface area (Å²) in [5, 5.41) is 3.36. The van der Waals surface area contributed by atoms with E-state index in [1.807, 2.05) is 31.2 Å². The molecule has 2 aliphatic heterocycles. The molecule has 0 saturated carbocycles. The average molecular weight is 531 g/mol. The monoisotopic (exact) mass is 531 g/mol. The zero-order valence-electron chi connectivity index (χ0n) is 17.5. The number of carbonyl (C=O) groups excluding carboxylic acids is 2. The number of hydrogen-bond acceptors (Lipinski definition) is 5. The van der Waals surface area contributed by atoms with Crippen molar-refractivity contribution in [3.8, 4) is 5.75 Å². The van der Waals surface area contributed by atoms with Crippen molar-refractivity contribution < 1.29 is 19.1 Å². The predicted octanol–water partition coefficient (Wildman–Crippen LogP) is 1.77. The summed E-state index contributed by atoms with van der Waals surface area (Å²) in [7, 11) is 1.75. The zero-order chi connectivity index (χ0) is 20.6. The third kappa shape index (κ3) is 5.89. The van der Waals surface area contributed by atoms with Crippen molar-refractivity contribution in [2.24, 2.45) is 4.99 Å². The lowest BCUT2D eigenvalue weighted by molar-refractivity contribution is -0.121. The Bertz CT molecular complexity index is 752. The quantitative estimate of drug-likeness (QED) is 0.270. The first-order chi connectivity index (χ1) is 14.1. The number of benzene rings is 1. The van der Waals surface area contributed by atoms with Gasteiger partial charge >= 0.3 is 6.09 Å². The van der Waals surface area contributed by atoms with Crippen molar-refractivity contribution >= 4 is 47.6 Å². The molecule has 1 aromatic rings. The molecule has 9 nitrogen and oxygen atoms in total. The molecule has 0 bridgehead atoms. The number of piperazine rings is 1. The summed E-state index contributed by atoms with van der Waals surface area (Å²) >= 11 is 0. The molecule has 0 spiro atoms. The summed E-state index contributed by atoms with van der Waals surface area (Å²) in [6, 6.07) is 7.59. The maximum atomic E-state index is 12.2. The molecule has 30 heavy (non-hydrogen) atoms. The fourth-order valence-electron chi connectivity index (χ4n) is 3.48. The standard InChI is InChI=1S/C20H29N5O4.HI/c1-3-28-20(27)24-13-11-23(12-14-24)19(21-2)22-9-6-10-25-16-7-4-5-8-17(16)29-15-18(25)26;/h4-5,7-8H,3,6,9-15H2,1-2H3,(H,21,22);1H. The van der Waals surface area contributed by atoms with E-state index < -0.39 is 0 Å². The van der Waals surface area contributed by atoms with E-state index in [4.69, 9.17) is 9.47 Å². The molecule has 1 N–H and O–H groups in total. The molecule has 10 heteroatoms. The number of amides is 2. The fraction of sp³-hybridized carbons (Fsp3) is 0.550. The molecule has 166 valence electrons. The second kappa shape index (κ2) is 11.8. The minimum absolute atomic E-state index is 0. The Balaban J connectivity index is 0.00000320. The van der Waals surface area contributed by atoms with E-state index in [2.05, 4.69) is 15.2 Å². The van der Waals surface area contributed by atoms with Gasteiger partial charge in [-0.15, -0.1) is 24.0 Å². The van der Waals surface area contributed by atoms with Crippen molar-refractivity contribution in [1.29, 1.82) is 0 Å². The van der Waals surface area contributed by atoms with Gasteiger partial charge in [0.15, 0.2) is 12.6 Å². The molecule has 0 aromatic heterocycles. The highest BCUT2D eigenvalue weighted by atomic mass is 127. The van der Waals surface area contributed by atoms with Crippen LogP contribution in [0.1, 0.15) is 13.3 Å². The molecule has 0 aliphatic carbocycles. The van der Waals surface area contributed by atoms with E-state index in [-0.39, 0.29) is 42.6 Å². The third-order valence-electron chi connectivity index (χ3n) is 4.97. The molecule has 0 radical (unpaired) electrons. The molecule has 0 atom stereocenters. The van der Waals surface area contributed by atoms with Crippen molar-refractivity contribution in [3.05, 3.63) is 24.3 Å². The van der Waals surface area contributed by atoms with Crippen LogP contribution in [0, 0.1) is 0 Å². The minimum Gasteiger partial charge on any atom is -0.482 e. The molecule has 3 rings (SSSR count). The van der Waals surface area contributed by atoms with E-state index in [0.717, 1.165) is 23.8 Å². The van der Waals surface area contributed by atoms with E-state index in [0.29, 0.717) is 45.9 Å². The number of guanidine groups is 1. The second-order valence-electron chi connectivity index (χ2n) is 6.80. The first-order valence-corrected chi connectivity index (χ1v) is 10.0. The fourth-order valence-corrected chi connectivity index (χ4v) is 3.48. The van der Waals surface area contributed by atoms with Gasteiger partial charge in [-0.1, -0.05) is 12.1 Å². The van der Waals surface area contributed by atoms with E-state index in [9.17, 15) is 9.59 Å². The summed E-state index contributed by atoms with van der Waals surface area (Å²) in [6.07, 6.45) is 0.521. The topological polar surface area (TPSA) is 86.7 Å². The van der Waals surface area contributed by atoms with Crippen LogP contribution in [0.3, 0.4) is 0 Å². The minimum atomic E-state index is -0.259. The van der Waals surface area contributed by atoms with Crippen LogP contribution in [-0.2, 0) is 9.53 Å². The number of para-hydroxylation sites is 2. The predicted molar refractivity (Wildman–Crippen MR) is 126 cm³/mol. The van der Waals surface area contributed by atoms with Crippen LogP contribution in [-0.4, -0.2) is 87.3 Å². The van der Waals surface area contributed by atoms with Gasteiger partial charge in [0.1, 0.15) is 5.75 Å². The first kappa shape index (κ1) is 24.0. The van der Waals surface area contributed by atoms with Crippen molar-refractivity contribution in [2.45, 2.75) is 13.3 Å². The highest BCUT2D eigenvalue weighted by Gasteiger charge is 2.25. The first-order valence-electron chi connectivity index (χ1n) is 10.0. The van der Waals surface area contributed by atoms with Crippen LogP contribution in [0.2, 0.25) is 0 Å². The van der Waals surface area contributed by atoms with E-state index in [1.165, 1.54) is 0 Å². The summed E-state index contributed by atoms with van der Waals surface area (Å²) in [6.45, 7) is 6.20. The number of aliphatic imine (C=N–C) groups is 1. The molecule has 2 amide bonds. The number of nitrogens with zero attached hydrogens (tertiary/aromatic N) is 4. The number of halogens is 1. The number of rotatable bonds is 5. The van der Waals surface area contributed by atoms with Crippen LogP contribution in [0.15, 0.2) is 29.3 Å². The summed E-state index contributed by atoms with van der Waals surface area (Å²) in [4.78, 5) is 34.0. The Morgan fingerprint density at radius 3 is 2.60 bits per heavy atom. The highest BCUT2D eigenvalue weighted by molar-refractivity contribution is 14.0. The molecule has 2 aliphatic rings. The van der Waals surface area contributed by atoms with Gasteiger partial charge < -0.3 is 29.5 Å². The van der Waals surface area contributed by atoms with Gasteiger partial charge in [-0.05, 0) is 25.5 Å². The number of fused-ring (bicyclic) bond motifs is 1. The molecule has 0 unspecified atom stereocenters. The van der Waals surface area contributed by atoms with Crippen molar-refractivity contribution in [2.75, 3.05) is 64.4 Å². The lowest BCUT2D eigenvalue weighted by atomic mass is 10.2. The number of nitrogens with one attached hydrogen (secondary N) is 1. The van der Waals surface area contributed by atoms with Gasteiger partial charge in [-0.3, -0.25) is 9.79 Å². The Morgan fingerprint density at radius 1 is 1.20 bits per heavy atom. The molecule has 2 heterocycles. The maximum Gasteiger partial charge on any atom is 0.409 e. The average Bonchev–Trinajstić information content (AvgIpc) is 2.75. The number of hydrogen-bond donors (Lipinski definition) is 1. The number of carbonyl (C=O) groups is 2. The lowest BCUT2D eigenvalue weighted by Crippen LogP contribution is -2.54. The van der Waals surface area contributed by atoms with E-state index >= 15 is 0 Å². The Morgan fingerprint density at radius 2 is 1.90 bits per heavy atom. The molecule has 1 fully saturated rings. The SMILES string of the molecule is CCOC(=O)N1CCN(C(=NC)NCCCN2C(=O)COc3ccccc32)CC1.I. The van der Waals surface area contributed by atoms with Gasteiger partial charge in [-0.25, -0.2) is 4.79 Å². The highest BCUT2D eigenvalue weighted by Crippen LogP contribution is 2.31.